The Labute approximate surface area is 123 Å². The van der Waals surface area contributed by atoms with Crippen molar-refractivity contribution in [2.75, 3.05) is 32.8 Å². The summed E-state index contributed by atoms with van der Waals surface area (Å²) in [6.45, 7) is 9.61. The molecule has 3 heteroatoms. The maximum atomic E-state index is 5.74. The average Bonchev–Trinajstić information content (AvgIpc) is 2.68. The fraction of sp³-hybridized carbons (Fsp3) is 0.647. The third-order valence-electron chi connectivity index (χ3n) is 3.82. The van der Waals surface area contributed by atoms with E-state index in [2.05, 4.69) is 54.4 Å². The molecule has 0 bridgehead atoms. The molecule has 1 aliphatic heterocycles. The quantitative estimate of drug-likeness (QED) is 0.864. The van der Waals surface area contributed by atoms with E-state index in [1.54, 1.807) is 0 Å². The molecule has 1 fully saturated rings. The number of hydrogen-bond acceptors (Lipinski definition) is 3. The number of benzene rings is 1. The summed E-state index contributed by atoms with van der Waals surface area (Å²) in [6.07, 6.45) is 2.66. The van der Waals surface area contributed by atoms with Gasteiger partial charge in [0, 0.05) is 32.3 Å². The first-order valence-corrected chi connectivity index (χ1v) is 7.92. The van der Waals surface area contributed by atoms with Crippen LogP contribution in [0.3, 0.4) is 0 Å². The van der Waals surface area contributed by atoms with Crippen LogP contribution in [0.1, 0.15) is 38.3 Å². The Morgan fingerprint density at radius 2 is 2.15 bits per heavy atom. The molecule has 1 N–H and O–H groups in total. The summed E-state index contributed by atoms with van der Waals surface area (Å²) < 4.78 is 5.74. The molecule has 1 aromatic rings. The highest BCUT2D eigenvalue weighted by atomic mass is 16.5. The number of nitrogens with one attached hydrogen (secondary N) is 1. The van der Waals surface area contributed by atoms with E-state index in [0.717, 1.165) is 39.2 Å². The largest absolute Gasteiger partial charge is 0.377 e. The van der Waals surface area contributed by atoms with Crippen LogP contribution in [-0.4, -0.2) is 43.8 Å². The van der Waals surface area contributed by atoms with Crippen LogP contribution in [-0.2, 0) is 4.74 Å². The van der Waals surface area contributed by atoms with Crippen molar-refractivity contribution >= 4 is 0 Å². The molecule has 2 atom stereocenters. The summed E-state index contributed by atoms with van der Waals surface area (Å²) >= 11 is 0. The molecule has 0 amide bonds. The van der Waals surface area contributed by atoms with Gasteiger partial charge in [0.25, 0.3) is 0 Å². The molecule has 0 saturated carbocycles. The van der Waals surface area contributed by atoms with Gasteiger partial charge in [-0.3, -0.25) is 4.90 Å². The minimum atomic E-state index is 0.347. The number of rotatable bonds is 6. The molecule has 1 saturated heterocycles. The first kappa shape index (κ1) is 15.5. The predicted octanol–water partition coefficient (Wildman–Crippen LogP) is 2.84. The summed E-state index contributed by atoms with van der Waals surface area (Å²) in [4.78, 5) is 2.54. The fourth-order valence-corrected chi connectivity index (χ4v) is 2.80. The second-order valence-electron chi connectivity index (χ2n) is 5.71. The summed E-state index contributed by atoms with van der Waals surface area (Å²) in [6, 6.07) is 11.2. The van der Waals surface area contributed by atoms with E-state index in [-0.39, 0.29) is 0 Å². The zero-order valence-corrected chi connectivity index (χ0v) is 12.8. The van der Waals surface area contributed by atoms with Gasteiger partial charge in [0.1, 0.15) is 0 Å². The van der Waals surface area contributed by atoms with Crippen molar-refractivity contribution in [2.24, 2.45) is 0 Å². The minimum Gasteiger partial charge on any atom is -0.377 e. The second kappa shape index (κ2) is 8.40. The number of nitrogens with zero attached hydrogens (tertiary/aromatic N) is 1. The molecule has 2 rings (SSSR count). The van der Waals surface area contributed by atoms with Crippen LogP contribution in [0, 0.1) is 0 Å². The van der Waals surface area contributed by atoms with Gasteiger partial charge in [0.15, 0.2) is 0 Å². The summed E-state index contributed by atoms with van der Waals surface area (Å²) in [5.41, 5.74) is 1.39. The monoisotopic (exact) mass is 276 g/mol. The van der Waals surface area contributed by atoms with Crippen molar-refractivity contribution in [1.82, 2.24) is 10.2 Å². The molecule has 1 aromatic carbocycles. The first-order valence-electron chi connectivity index (χ1n) is 7.92. The second-order valence-corrected chi connectivity index (χ2v) is 5.71. The molecular weight excluding hydrogens is 248 g/mol. The Kier molecular flexibility index (Phi) is 6.51. The molecule has 3 nitrogen and oxygen atoms in total. The van der Waals surface area contributed by atoms with E-state index in [1.165, 1.54) is 12.0 Å². The van der Waals surface area contributed by atoms with Crippen molar-refractivity contribution < 1.29 is 4.74 Å². The number of hydrogen-bond donors (Lipinski definition) is 1. The normalized spacial score (nSPS) is 22.4. The fourth-order valence-electron chi connectivity index (χ4n) is 2.80. The third kappa shape index (κ3) is 4.89. The topological polar surface area (TPSA) is 24.5 Å². The molecule has 112 valence electrons. The van der Waals surface area contributed by atoms with E-state index in [0.29, 0.717) is 12.1 Å². The van der Waals surface area contributed by atoms with Crippen molar-refractivity contribution in [1.29, 1.82) is 0 Å². The maximum absolute atomic E-state index is 5.74. The molecule has 2 unspecified atom stereocenters. The van der Waals surface area contributed by atoms with Crippen molar-refractivity contribution in [3.63, 3.8) is 0 Å². The average molecular weight is 276 g/mol. The lowest BCUT2D eigenvalue weighted by Gasteiger charge is -2.28. The molecule has 0 spiro atoms. The highest BCUT2D eigenvalue weighted by Gasteiger charge is 2.19. The van der Waals surface area contributed by atoms with Crippen LogP contribution in [0.4, 0.5) is 0 Å². The van der Waals surface area contributed by atoms with Gasteiger partial charge in [-0.15, -0.1) is 0 Å². The lowest BCUT2D eigenvalue weighted by Crippen LogP contribution is -2.38. The SMILES string of the molecule is CCCNC(CN1CCCOC(C)C1)c1ccccc1. The van der Waals surface area contributed by atoms with Crippen LogP contribution in [0.2, 0.25) is 0 Å². The van der Waals surface area contributed by atoms with Gasteiger partial charge < -0.3 is 10.1 Å². The smallest absolute Gasteiger partial charge is 0.0673 e. The lowest BCUT2D eigenvalue weighted by atomic mass is 10.1. The van der Waals surface area contributed by atoms with Crippen LogP contribution in [0.15, 0.2) is 30.3 Å². The van der Waals surface area contributed by atoms with Gasteiger partial charge in [-0.1, -0.05) is 37.3 Å². The van der Waals surface area contributed by atoms with Crippen LogP contribution in [0.25, 0.3) is 0 Å². The Hall–Kier alpha value is -0.900. The van der Waals surface area contributed by atoms with Crippen LogP contribution >= 0.6 is 0 Å². The molecule has 20 heavy (non-hydrogen) atoms. The molecular formula is C17H28N2O. The summed E-state index contributed by atoms with van der Waals surface area (Å²) in [5.74, 6) is 0. The van der Waals surface area contributed by atoms with Gasteiger partial charge in [-0.25, -0.2) is 0 Å². The van der Waals surface area contributed by atoms with Crippen molar-refractivity contribution in [3.8, 4) is 0 Å². The predicted molar refractivity (Wildman–Crippen MR) is 83.9 cm³/mol. The molecule has 0 aromatic heterocycles. The maximum Gasteiger partial charge on any atom is 0.0673 e. The Morgan fingerprint density at radius 1 is 1.35 bits per heavy atom. The lowest BCUT2D eigenvalue weighted by molar-refractivity contribution is 0.0664. The third-order valence-corrected chi connectivity index (χ3v) is 3.82. The minimum absolute atomic E-state index is 0.347. The Morgan fingerprint density at radius 3 is 2.90 bits per heavy atom. The Bertz CT molecular complexity index is 369. The van der Waals surface area contributed by atoms with Gasteiger partial charge in [-0.05, 0) is 31.9 Å². The van der Waals surface area contributed by atoms with E-state index in [1.807, 2.05) is 0 Å². The molecule has 1 heterocycles. The van der Waals surface area contributed by atoms with Crippen molar-refractivity contribution in [3.05, 3.63) is 35.9 Å². The van der Waals surface area contributed by atoms with E-state index >= 15 is 0 Å². The van der Waals surface area contributed by atoms with Gasteiger partial charge in [0.2, 0.25) is 0 Å². The highest BCUT2D eigenvalue weighted by Crippen LogP contribution is 2.16. The summed E-state index contributed by atoms with van der Waals surface area (Å²) in [7, 11) is 0. The molecule has 0 radical (unpaired) electrons. The van der Waals surface area contributed by atoms with E-state index < -0.39 is 0 Å². The van der Waals surface area contributed by atoms with Crippen LogP contribution in [0.5, 0.6) is 0 Å². The highest BCUT2D eigenvalue weighted by molar-refractivity contribution is 5.19. The Balaban J connectivity index is 1.99. The van der Waals surface area contributed by atoms with Crippen molar-refractivity contribution in [2.45, 2.75) is 38.8 Å². The van der Waals surface area contributed by atoms with Crippen LogP contribution < -0.4 is 5.32 Å². The first-order chi connectivity index (χ1) is 9.79. The van der Waals surface area contributed by atoms with Gasteiger partial charge in [-0.2, -0.15) is 0 Å². The summed E-state index contributed by atoms with van der Waals surface area (Å²) in [5, 5.41) is 3.69. The van der Waals surface area contributed by atoms with Gasteiger partial charge >= 0.3 is 0 Å². The molecule has 1 aliphatic rings. The molecule has 0 aliphatic carbocycles. The zero-order valence-electron chi connectivity index (χ0n) is 12.8. The number of ether oxygens (including phenoxy) is 1. The van der Waals surface area contributed by atoms with Gasteiger partial charge in [0.05, 0.1) is 6.10 Å². The van der Waals surface area contributed by atoms with E-state index in [9.17, 15) is 0 Å². The standard InChI is InChI=1S/C17H28N2O/c1-3-10-18-17(16-8-5-4-6-9-16)14-19-11-7-12-20-15(2)13-19/h4-6,8-9,15,17-18H,3,7,10-14H2,1-2H3. The van der Waals surface area contributed by atoms with E-state index in [4.69, 9.17) is 4.74 Å². The zero-order chi connectivity index (χ0) is 14.2.